The van der Waals surface area contributed by atoms with Crippen molar-refractivity contribution in [3.05, 3.63) is 71.3 Å². The second-order valence-corrected chi connectivity index (χ2v) is 9.49. The molecule has 32 heavy (non-hydrogen) atoms. The van der Waals surface area contributed by atoms with Crippen molar-refractivity contribution < 1.29 is 19.7 Å². The minimum atomic E-state index is -0.516. The van der Waals surface area contributed by atoms with Crippen LogP contribution in [-0.4, -0.2) is 47.0 Å². The molecule has 2 N–H and O–H groups in total. The van der Waals surface area contributed by atoms with Gasteiger partial charge in [-0.1, -0.05) is 42.5 Å². The number of rotatable bonds is 3. The summed E-state index contributed by atoms with van der Waals surface area (Å²) in [6.07, 6.45) is 2.21. The molecule has 6 rings (SSSR count). The molecule has 0 aliphatic carbocycles. The van der Waals surface area contributed by atoms with Gasteiger partial charge in [0, 0.05) is 43.4 Å². The molecule has 3 aliphatic rings. The van der Waals surface area contributed by atoms with Crippen molar-refractivity contribution >= 4 is 10.8 Å². The van der Waals surface area contributed by atoms with Crippen molar-refractivity contribution in [2.24, 2.45) is 0 Å². The topological polar surface area (TPSA) is 62.2 Å². The lowest BCUT2D eigenvalue weighted by Crippen LogP contribution is -2.51. The van der Waals surface area contributed by atoms with Crippen molar-refractivity contribution in [3.8, 4) is 11.5 Å². The van der Waals surface area contributed by atoms with Gasteiger partial charge in [-0.05, 0) is 41.5 Å². The van der Waals surface area contributed by atoms with Gasteiger partial charge in [0.15, 0.2) is 0 Å². The van der Waals surface area contributed by atoms with E-state index < -0.39 is 12.2 Å². The molecule has 1 spiro atoms. The summed E-state index contributed by atoms with van der Waals surface area (Å²) in [6.45, 7) is 3.03. The zero-order valence-electron chi connectivity index (χ0n) is 18.2. The first-order valence-corrected chi connectivity index (χ1v) is 11.7. The van der Waals surface area contributed by atoms with E-state index in [1.54, 1.807) is 0 Å². The number of hydrogen-bond acceptors (Lipinski definition) is 5. The fourth-order valence-electron chi connectivity index (χ4n) is 5.57. The molecule has 3 aliphatic heterocycles. The number of benzene rings is 3. The van der Waals surface area contributed by atoms with Crippen LogP contribution in [0, 0.1) is 0 Å². The summed E-state index contributed by atoms with van der Waals surface area (Å²) in [5.74, 6) is 1.79. The molecule has 0 unspecified atom stereocenters. The van der Waals surface area contributed by atoms with Crippen LogP contribution in [0.15, 0.2) is 54.6 Å². The summed E-state index contributed by atoms with van der Waals surface area (Å²) >= 11 is 0. The van der Waals surface area contributed by atoms with Crippen LogP contribution < -0.4 is 9.47 Å². The number of fused-ring (bicyclic) bond motifs is 4. The lowest BCUT2D eigenvalue weighted by Gasteiger charge is -2.46. The number of ether oxygens (including phenoxy) is 2. The minimum absolute atomic E-state index is 0.344. The molecule has 1 fully saturated rings. The molecule has 0 amide bonds. The molecule has 2 atom stereocenters. The SMILES string of the molecule is O[C@H](CN1CCC2(CC1)C[C@@H](O)c1ccc3ccccc3c1O2)c1ccc2c(c1)CCO2. The first kappa shape index (κ1) is 20.0. The number of hydrogen-bond donors (Lipinski definition) is 2. The zero-order valence-corrected chi connectivity index (χ0v) is 18.2. The van der Waals surface area contributed by atoms with Crippen molar-refractivity contribution in [1.29, 1.82) is 0 Å². The Labute approximate surface area is 188 Å². The van der Waals surface area contributed by atoms with Gasteiger partial charge in [0.25, 0.3) is 0 Å². The Balaban J connectivity index is 1.16. The van der Waals surface area contributed by atoms with Gasteiger partial charge >= 0.3 is 0 Å². The molecule has 0 bridgehead atoms. The molecule has 1 saturated heterocycles. The largest absolute Gasteiger partial charge is 0.493 e. The molecule has 3 aromatic rings. The van der Waals surface area contributed by atoms with Crippen LogP contribution in [0.5, 0.6) is 11.5 Å². The summed E-state index contributed by atoms with van der Waals surface area (Å²) in [6, 6.07) is 18.3. The molecule has 0 aromatic heterocycles. The highest BCUT2D eigenvalue weighted by molar-refractivity contribution is 5.90. The molecular weight excluding hydrogens is 402 g/mol. The quantitative estimate of drug-likeness (QED) is 0.652. The summed E-state index contributed by atoms with van der Waals surface area (Å²) in [5.41, 5.74) is 2.70. The van der Waals surface area contributed by atoms with E-state index in [0.29, 0.717) is 13.0 Å². The molecule has 3 aromatic carbocycles. The van der Waals surface area contributed by atoms with Gasteiger partial charge in [0.2, 0.25) is 0 Å². The second kappa shape index (κ2) is 7.77. The predicted octanol–water partition coefficient (Wildman–Crippen LogP) is 4.16. The van der Waals surface area contributed by atoms with Crippen molar-refractivity contribution in [1.82, 2.24) is 4.90 Å². The molecule has 5 heteroatoms. The first-order valence-electron chi connectivity index (χ1n) is 11.7. The Bertz CT molecular complexity index is 1150. The maximum atomic E-state index is 10.9. The van der Waals surface area contributed by atoms with Gasteiger partial charge in [0.05, 0.1) is 18.8 Å². The lowest BCUT2D eigenvalue weighted by molar-refractivity contribution is -0.0577. The molecule has 0 saturated carbocycles. The standard InChI is InChI=1S/C27H29NO4/c29-23-16-27(32-26-21-4-2-1-3-18(21)5-7-22(23)26)10-12-28(13-11-27)17-24(30)19-6-8-25-20(15-19)9-14-31-25/h1-8,15,23-24,29-30H,9-14,16-17H2/t23-,24-/m1/s1. The normalized spacial score (nSPS) is 22.8. The fourth-order valence-corrected chi connectivity index (χ4v) is 5.57. The predicted molar refractivity (Wildman–Crippen MR) is 123 cm³/mol. The van der Waals surface area contributed by atoms with Crippen LogP contribution in [-0.2, 0) is 6.42 Å². The van der Waals surface area contributed by atoms with E-state index in [0.717, 1.165) is 72.4 Å². The summed E-state index contributed by atoms with van der Waals surface area (Å²) in [4.78, 5) is 2.31. The van der Waals surface area contributed by atoms with Crippen LogP contribution >= 0.6 is 0 Å². The van der Waals surface area contributed by atoms with Gasteiger partial charge in [-0.3, -0.25) is 0 Å². The molecule has 0 radical (unpaired) electrons. The van der Waals surface area contributed by atoms with Crippen LogP contribution in [0.1, 0.15) is 48.2 Å². The Morgan fingerprint density at radius 1 is 1.06 bits per heavy atom. The maximum absolute atomic E-state index is 10.9. The number of aliphatic hydroxyl groups excluding tert-OH is 2. The monoisotopic (exact) mass is 431 g/mol. The minimum Gasteiger partial charge on any atom is -0.493 e. The van der Waals surface area contributed by atoms with Crippen LogP contribution in [0.25, 0.3) is 10.8 Å². The van der Waals surface area contributed by atoms with Crippen LogP contribution in [0.4, 0.5) is 0 Å². The van der Waals surface area contributed by atoms with Crippen molar-refractivity contribution in [2.75, 3.05) is 26.2 Å². The number of β-amino-alcohol motifs (C(OH)–C–C–N with tert-alkyl or cyclic N) is 1. The van der Waals surface area contributed by atoms with E-state index in [2.05, 4.69) is 29.2 Å². The molecule has 3 heterocycles. The van der Waals surface area contributed by atoms with E-state index in [4.69, 9.17) is 9.47 Å². The van der Waals surface area contributed by atoms with Gasteiger partial charge in [-0.2, -0.15) is 0 Å². The third-order valence-electron chi connectivity index (χ3n) is 7.45. The average Bonchev–Trinajstić information content (AvgIpc) is 3.29. The Kier molecular flexibility index (Phi) is 4.86. The van der Waals surface area contributed by atoms with Crippen molar-refractivity contribution in [3.63, 3.8) is 0 Å². The van der Waals surface area contributed by atoms with Gasteiger partial charge in [-0.25, -0.2) is 0 Å². The van der Waals surface area contributed by atoms with E-state index in [1.165, 1.54) is 5.56 Å². The average molecular weight is 432 g/mol. The smallest absolute Gasteiger partial charge is 0.133 e. The Hall–Kier alpha value is -2.60. The maximum Gasteiger partial charge on any atom is 0.133 e. The van der Waals surface area contributed by atoms with Crippen LogP contribution in [0.3, 0.4) is 0 Å². The van der Waals surface area contributed by atoms with Gasteiger partial charge < -0.3 is 24.6 Å². The number of piperidine rings is 1. The Morgan fingerprint density at radius 3 is 2.78 bits per heavy atom. The Morgan fingerprint density at radius 2 is 1.91 bits per heavy atom. The molecule has 5 nitrogen and oxygen atoms in total. The summed E-state index contributed by atoms with van der Waals surface area (Å²) < 4.78 is 12.3. The second-order valence-electron chi connectivity index (χ2n) is 9.49. The third kappa shape index (κ3) is 3.45. The zero-order chi connectivity index (χ0) is 21.7. The number of likely N-dealkylation sites (tertiary alicyclic amines) is 1. The van der Waals surface area contributed by atoms with Gasteiger partial charge in [-0.15, -0.1) is 0 Å². The lowest BCUT2D eigenvalue weighted by atomic mass is 9.81. The summed E-state index contributed by atoms with van der Waals surface area (Å²) in [7, 11) is 0. The van der Waals surface area contributed by atoms with E-state index in [9.17, 15) is 10.2 Å². The van der Waals surface area contributed by atoms with E-state index in [-0.39, 0.29) is 5.60 Å². The highest BCUT2D eigenvalue weighted by Crippen LogP contribution is 2.47. The van der Waals surface area contributed by atoms with Gasteiger partial charge in [0.1, 0.15) is 17.1 Å². The molecular formula is C27H29NO4. The fraction of sp³-hybridized carbons (Fsp3) is 0.407. The molecule has 166 valence electrons. The van der Waals surface area contributed by atoms with Crippen molar-refractivity contribution in [2.45, 2.75) is 43.5 Å². The first-order chi connectivity index (χ1) is 15.6. The highest BCUT2D eigenvalue weighted by atomic mass is 16.5. The number of nitrogens with zero attached hydrogens (tertiary/aromatic N) is 1. The summed E-state index contributed by atoms with van der Waals surface area (Å²) in [5, 5.41) is 24.0. The highest BCUT2D eigenvalue weighted by Gasteiger charge is 2.43. The van der Waals surface area contributed by atoms with E-state index >= 15 is 0 Å². The van der Waals surface area contributed by atoms with E-state index in [1.807, 2.05) is 30.3 Å². The van der Waals surface area contributed by atoms with Crippen LogP contribution in [0.2, 0.25) is 0 Å². The third-order valence-corrected chi connectivity index (χ3v) is 7.45. The number of aliphatic hydroxyl groups is 2.